The average molecular weight is 391 g/mol. The molecule has 0 radical (unpaired) electrons. The van der Waals surface area contributed by atoms with Crippen LogP contribution in [0.5, 0.6) is 0 Å². The van der Waals surface area contributed by atoms with E-state index in [9.17, 15) is 0 Å². The Morgan fingerprint density at radius 1 is 0.684 bits per heavy atom. The zero-order valence-corrected chi connectivity index (χ0v) is 15.5. The van der Waals surface area contributed by atoms with Crippen LogP contribution in [-0.4, -0.2) is 20.4 Å². The molecule has 19 heavy (non-hydrogen) atoms. The van der Waals surface area contributed by atoms with Crippen molar-refractivity contribution in [2.75, 3.05) is 5.88 Å². The van der Waals surface area contributed by atoms with E-state index in [2.05, 4.69) is 0 Å². The predicted molar refractivity (Wildman–Crippen MR) is 91.8 cm³/mol. The minimum absolute atomic E-state index is 0.0479. The lowest BCUT2D eigenvalue weighted by Crippen LogP contribution is -2.11. The van der Waals surface area contributed by atoms with E-state index in [4.69, 9.17) is 69.6 Å². The fourth-order valence-corrected chi connectivity index (χ4v) is 3.36. The van der Waals surface area contributed by atoms with Gasteiger partial charge in [-0.1, -0.05) is 73.3 Å². The molecule has 0 heterocycles. The minimum Gasteiger partial charge on any atom is -0.125 e. The van der Waals surface area contributed by atoms with Crippen LogP contribution in [0.3, 0.4) is 0 Å². The van der Waals surface area contributed by atoms with Gasteiger partial charge in [0, 0.05) is 23.1 Å². The largest absolute Gasteiger partial charge is 0.192 e. The average Bonchev–Trinajstić information content (AvgIpc) is 2.29. The van der Waals surface area contributed by atoms with E-state index in [0.29, 0.717) is 12.3 Å². The Hall–Kier alpha value is 1.74. The first-order chi connectivity index (χ1) is 8.85. The molecule has 2 atom stereocenters. The molecule has 0 saturated carbocycles. The minimum atomic E-state index is -1.23. The van der Waals surface area contributed by atoms with Crippen molar-refractivity contribution in [2.24, 2.45) is 0 Å². The SMILES string of the molecule is ClC[C@H](Cl)CCCCCCCC[C@H](Cl)CC(Cl)(Cl)Cl. The first-order valence-electron chi connectivity index (χ1n) is 6.76. The molecule has 0 aromatic rings. The lowest BCUT2D eigenvalue weighted by molar-refractivity contribution is 0.554. The van der Waals surface area contributed by atoms with Crippen LogP contribution in [0.1, 0.15) is 57.8 Å². The lowest BCUT2D eigenvalue weighted by atomic mass is 10.1. The normalized spacial score (nSPS) is 15.5. The molecule has 116 valence electrons. The van der Waals surface area contributed by atoms with E-state index >= 15 is 0 Å². The van der Waals surface area contributed by atoms with Gasteiger partial charge in [-0.3, -0.25) is 0 Å². The summed E-state index contributed by atoms with van der Waals surface area (Å²) < 4.78 is -1.23. The molecule has 0 nitrogen and oxygen atoms in total. The van der Waals surface area contributed by atoms with Crippen LogP contribution < -0.4 is 0 Å². The highest BCUT2D eigenvalue weighted by Gasteiger charge is 2.23. The molecular weight excluding hydrogens is 369 g/mol. The molecule has 0 bridgehead atoms. The third-order valence-corrected chi connectivity index (χ3v) is 4.64. The molecule has 0 amide bonds. The van der Waals surface area contributed by atoms with Crippen LogP contribution in [0, 0.1) is 0 Å². The quantitative estimate of drug-likeness (QED) is 0.256. The van der Waals surface area contributed by atoms with Crippen LogP contribution in [-0.2, 0) is 0 Å². The zero-order chi connectivity index (χ0) is 14.7. The Morgan fingerprint density at radius 3 is 1.53 bits per heavy atom. The van der Waals surface area contributed by atoms with Gasteiger partial charge in [0.1, 0.15) is 0 Å². The van der Waals surface area contributed by atoms with Crippen molar-refractivity contribution in [1.82, 2.24) is 0 Å². The molecule has 0 aromatic heterocycles. The molecule has 0 rings (SSSR count). The van der Waals surface area contributed by atoms with E-state index in [0.717, 1.165) is 25.7 Å². The molecule has 0 aromatic carbocycles. The number of unbranched alkanes of at least 4 members (excludes halogenated alkanes) is 5. The Balaban J connectivity index is 3.27. The standard InChI is InChI=1S/C13H22Cl6/c14-10-12(16)8-6-4-2-1-3-5-7-11(15)9-13(17,18)19/h11-12H,1-10H2/t11-,12+/m0/s1. The Kier molecular flexibility index (Phi) is 13.4. The van der Waals surface area contributed by atoms with Crippen molar-refractivity contribution in [1.29, 1.82) is 0 Å². The Bertz CT molecular complexity index is 204. The monoisotopic (exact) mass is 388 g/mol. The second-order valence-corrected chi connectivity index (χ2v) is 8.93. The predicted octanol–water partition coefficient (Wildman–Crippen LogP) is 7.32. The summed E-state index contributed by atoms with van der Waals surface area (Å²) in [7, 11) is 0. The van der Waals surface area contributed by atoms with Gasteiger partial charge < -0.3 is 0 Å². The smallest absolute Gasteiger partial charge is 0.125 e. The molecule has 0 saturated heterocycles. The lowest BCUT2D eigenvalue weighted by Gasteiger charge is -2.15. The molecule has 0 unspecified atom stereocenters. The van der Waals surface area contributed by atoms with Gasteiger partial charge in [0.15, 0.2) is 3.79 Å². The van der Waals surface area contributed by atoms with Crippen LogP contribution in [0.15, 0.2) is 0 Å². The maximum absolute atomic E-state index is 6.10. The van der Waals surface area contributed by atoms with Gasteiger partial charge in [0.05, 0.1) is 0 Å². The molecule has 0 aliphatic heterocycles. The second kappa shape index (κ2) is 12.3. The van der Waals surface area contributed by atoms with Gasteiger partial charge in [0.2, 0.25) is 0 Å². The number of rotatable bonds is 11. The first-order valence-corrected chi connectivity index (χ1v) is 9.30. The summed E-state index contributed by atoms with van der Waals surface area (Å²) in [4.78, 5) is 0. The van der Waals surface area contributed by atoms with E-state index in [1.807, 2.05) is 0 Å². The highest BCUT2D eigenvalue weighted by atomic mass is 35.6. The van der Waals surface area contributed by atoms with E-state index in [-0.39, 0.29) is 10.8 Å². The van der Waals surface area contributed by atoms with Gasteiger partial charge in [-0.2, -0.15) is 0 Å². The first kappa shape index (κ1) is 20.7. The third-order valence-electron chi connectivity index (χ3n) is 2.91. The van der Waals surface area contributed by atoms with E-state index < -0.39 is 3.79 Å². The number of alkyl halides is 6. The fourth-order valence-electron chi connectivity index (χ4n) is 1.87. The number of hydrogen-bond acceptors (Lipinski definition) is 0. The highest BCUT2D eigenvalue weighted by molar-refractivity contribution is 6.67. The summed E-state index contributed by atoms with van der Waals surface area (Å²) in [6.07, 6.45) is 9.45. The summed E-state index contributed by atoms with van der Waals surface area (Å²) in [6, 6.07) is 0. The highest BCUT2D eigenvalue weighted by Crippen LogP contribution is 2.34. The van der Waals surface area contributed by atoms with Gasteiger partial charge in [-0.25, -0.2) is 0 Å². The summed E-state index contributed by atoms with van der Waals surface area (Å²) in [6.45, 7) is 0. The van der Waals surface area contributed by atoms with Crippen LogP contribution in [0.2, 0.25) is 0 Å². The molecule has 0 fully saturated rings. The van der Waals surface area contributed by atoms with Crippen molar-refractivity contribution in [2.45, 2.75) is 72.3 Å². The van der Waals surface area contributed by atoms with Crippen molar-refractivity contribution >= 4 is 69.6 Å². The molecule has 0 spiro atoms. The molecular formula is C13H22Cl6. The third kappa shape index (κ3) is 15.9. The fraction of sp³-hybridized carbons (Fsp3) is 1.00. The molecule has 0 aliphatic rings. The van der Waals surface area contributed by atoms with Gasteiger partial charge in [0.25, 0.3) is 0 Å². The van der Waals surface area contributed by atoms with Crippen molar-refractivity contribution in [3.8, 4) is 0 Å². The maximum Gasteiger partial charge on any atom is 0.192 e. The summed E-state index contributed by atoms with van der Waals surface area (Å²) in [5.41, 5.74) is 0. The molecule has 6 heteroatoms. The van der Waals surface area contributed by atoms with Crippen molar-refractivity contribution < 1.29 is 0 Å². The summed E-state index contributed by atoms with van der Waals surface area (Å²) >= 11 is 34.7. The van der Waals surface area contributed by atoms with Crippen LogP contribution >= 0.6 is 69.6 Å². The van der Waals surface area contributed by atoms with Crippen molar-refractivity contribution in [3.63, 3.8) is 0 Å². The second-order valence-electron chi connectivity index (χ2n) is 4.87. The zero-order valence-electron chi connectivity index (χ0n) is 11.0. The number of hydrogen-bond donors (Lipinski definition) is 0. The van der Waals surface area contributed by atoms with E-state index in [1.165, 1.54) is 25.7 Å². The number of halogens is 6. The van der Waals surface area contributed by atoms with Gasteiger partial charge >= 0.3 is 0 Å². The summed E-state index contributed by atoms with van der Waals surface area (Å²) in [5.74, 6) is 0.544. The topological polar surface area (TPSA) is 0 Å². The van der Waals surface area contributed by atoms with E-state index in [1.54, 1.807) is 0 Å². The van der Waals surface area contributed by atoms with Crippen LogP contribution in [0.4, 0.5) is 0 Å². The van der Waals surface area contributed by atoms with Gasteiger partial charge in [-0.05, 0) is 12.8 Å². The summed E-state index contributed by atoms with van der Waals surface area (Å²) in [5, 5.41) is 0.0776. The Morgan fingerprint density at radius 2 is 1.11 bits per heavy atom. The maximum atomic E-state index is 6.10. The van der Waals surface area contributed by atoms with Crippen molar-refractivity contribution in [3.05, 3.63) is 0 Å². The van der Waals surface area contributed by atoms with Gasteiger partial charge in [-0.15, -0.1) is 34.8 Å². The Labute approximate surface area is 147 Å². The molecule has 0 N–H and O–H groups in total. The van der Waals surface area contributed by atoms with Crippen LogP contribution in [0.25, 0.3) is 0 Å². The molecule has 0 aliphatic carbocycles.